The molecule has 0 heterocycles. The Bertz CT molecular complexity index is 533. The zero-order chi connectivity index (χ0) is 17.2. The summed E-state index contributed by atoms with van der Waals surface area (Å²) in [6.07, 6.45) is -0.949. The molecule has 0 saturated carbocycles. The molecule has 126 valence electrons. The van der Waals surface area contributed by atoms with Gasteiger partial charge in [0, 0.05) is 19.2 Å². The van der Waals surface area contributed by atoms with Gasteiger partial charge in [-0.1, -0.05) is 18.2 Å². The van der Waals surface area contributed by atoms with Crippen molar-refractivity contribution in [2.24, 2.45) is 0 Å². The molecule has 1 aromatic rings. The highest BCUT2D eigenvalue weighted by atomic mass is 16.5. The predicted molar refractivity (Wildman–Crippen MR) is 83.8 cm³/mol. The normalized spacial score (nSPS) is 12.8. The number of hydrogen-bond acceptors (Lipinski definition) is 5. The average molecular weight is 322 g/mol. The van der Waals surface area contributed by atoms with Gasteiger partial charge < -0.3 is 20.1 Å². The first kappa shape index (κ1) is 18.6. The highest BCUT2D eigenvalue weighted by molar-refractivity contribution is 5.96. The number of carbonyl (C=O) groups is 3. The van der Waals surface area contributed by atoms with Crippen molar-refractivity contribution in [3.8, 4) is 0 Å². The predicted octanol–water partition coefficient (Wildman–Crippen LogP) is 0.499. The van der Waals surface area contributed by atoms with E-state index in [1.54, 1.807) is 30.3 Å². The van der Waals surface area contributed by atoms with Crippen molar-refractivity contribution in [2.45, 2.75) is 26.0 Å². The van der Waals surface area contributed by atoms with Gasteiger partial charge in [0.25, 0.3) is 11.8 Å². The third-order valence-electron chi connectivity index (χ3n) is 3.00. The minimum atomic E-state index is -0.949. The van der Waals surface area contributed by atoms with Crippen LogP contribution in [0.5, 0.6) is 0 Å². The molecule has 7 nitrogen and oxygen atoms in total. The second-order valence-corrected chi connectivity index (χ2v) is 4.92. The summed E-state index contributed by atoms with van der Waals surface area (Å²) in [7, 11) is 1.52. The van der Waals surface area contributed by atoms with E-state index in [0.717, 1.165) is 0 Å². The van der Waals surface area contributed by atoms with E-state index in [0.29, 0.717) is 18.7 Å². The number of benzene rings is 1. The Morgan fingerprint density at radius 2 is 1.78 bits per heavy atom. The third-order valence-corrected chi connectivity index (χ3v) is 3.00. The van der Waals surface area contributed by atoms with Gasteiger partial charge in [-0.2, -0.15) is 0 Å². The first-order valence-electron chi connectivity index (χ1n) is 7.28. The fraction of sp³-hybridized carbons (Fsp3) is 0.438. The minimum Gasteiger partial charge on any atom is -0.451 e. The van der Waals surface area contributed by atoms with Gasteiger partial charge in [-0.15, -0.1) is 0 Å². The largest absolute Gasteiger partial charge is 0.451 e. The maximum atomic E-state index is 11.9. The fourth-order valence-corrected chi connectivity index (χ4v) is 1.68. The van der Waals surface area contributed by atoms with Gasteiger partial charge in [0.05, 0.1) is 6.61 Å². The quantitative estimate of drug-likeness (QED) is 0.537. The van der Waals surface area contributed by atoms with Crippen molar-refractivity contribution in [3.63, 3.8) is 0 Å². The van der Waals surface area contributed by atoms with Crippen LogP contribution in [0.15, 0.2) is 30.3 Å². The van der Waals surface area contributed by atoms with Gasteiger partial charge in [-0.3, -0.25) is 9.59 Å². The zero-order valence-electron chi connectivity index (χ0n) is 13.5. The molecule has 0 fully saturated rings. The molecule has 0 unspecified atom stereocenters. The van der Waals surface area contributed by atoms with E-state index < -0.39 is 24.0 Å². The van der Waals surface area contributed by atoms with Crippen LogP contribution in [0.3, 0.4) is 0 Å². The van der Waals surface area contributed by atoms with Crippen LogP contribution in [0.4, 0.5) is 0 Å². The summed E-state index contributed by atoms with van der Waals surface area (Å²) >= 11 is 0. The summed E-state index contributed by atoms with van der Waals surface area (Å²) in [6.45, 7) is 3.66. The summed E-state index contributed by atoms with van der Waals surface area (Å²) in [5, 5.41) is 5.09. The molecule has 0 aromatic heterocycles. The van der Waals surface area contributed by atoms with Crippen LogP contribution < -0.4 is 10.6 Å². The minimum absolute atomic E-state index is 0.331. The van der Waals surface area contributed by atoms with E-state index in [9.17, 15) is 14.4 Å². The van der Waals surface area contributed by atoms with Gasteiger partial charge in [-0.25, -0.2) is 4.79 Å². The smallest absolute Gasteiger partial charge is 0.329 e. The van der Waals surface area contributed by atoms with Crippen molar-refractivity contribution >= 4 is 17.8 Å². The van der Waals surface area contributed by atoms with Crippen LogP contribution in [0.1, 0.15) is 24.2 Å². The monoisotopic (exact) mass is 322 g/mol. The Morgan fingerprint density at radius 3 is 2.39 bits per heavy atom. The van der Waals surface area contributed by atoms with Crippen molar-refractivity contribution < 1.29 is 23.9 Å². The summed E-state index contributed by atoms with van der Waals surface area (Å²) in [6, 6.07) is 7.66. The van der Waals surface area contributed by atoms with Gasteiger partial charge >= 0.3 is 5.97 Å². The number of hydrogen-bond donors (Lipinski definition) is 2. The Morgan fingerprint density at radius 1 is 1.13 bits per heavy atom. The molecule has 0 aliphatic rings. The molecule has 2 amide bonds. The van der Waals surface area contributed by atoms with Crippen molar-refractivity contribution in [1.29, 1.82) is 0 Å². The first-order chi connectivity index (χ1) is 11.0. The third kappa shape index (κ3) is 6.48. The maximum absolute atomic E-state index is 11.9. The summed E-state index contributed by atoms with van der Waals surface area (Å²) < 4.78 is 9.84. The van der Waals surface area contributed by atoms with Gasteiger partial charge in [0.15, 0.2) is 6.10 Å². The lowest BCUT2D eigenvalue weighted by Gasteiger charge is -2.17. The summed E-state index contributed by atoms with van der Waals surface area (Å²) in [5.74, 6) is -1.48. The van der Waals surface area contributed by atoms with Crippen LogP contribution in [-0.2, 0) is 19.1 Å². The lowest BCUT2D eigenvalue weighted by Crippen LogP contribution is -2.43. The molecule has 2 atom stereocenters. The van der Waals surface area contributed by atoms with Gasteiger partial charge in [0.1, 0.15) is 6.04 Å². The van der Waals surface area contributed by atoms with Crippen LogP contribution in [0.25, 0.3) is 0 Å². The van der Waals surface area contributed by atoms with E-state index in [4.69, 9.17) is 9.47 Å². The Hall–Kier alpha value is -2.41. The molecule has 1 aromatic carbocycles. The highest BCUT2D eigenvalue weighted by Crippen LogP contribution is 2.01. The zero-order valence-corrected chi connectivity index (χ0v) is 13.5. The van der Waals surface area contributed by atoms with Crippen molar-refractivity contribution in [2.75, 3.05) is 20.3 Å². The molecule has 1 rings (SSSR count). The van der Waals surface area contributed by atoms with Gasteiger partial charge in [0.2, 0.25) is 0 Å². The Kier molecular flexibility index (Phi) is 7.76. The van der Waals surface area contributed by atoms with E-state index in [1.807, 2.05) is 0 Å². The van der Waals surface area contributed by atoms with E-state index in [2.05, 4.69) is 10.6 Å². The number of nitrogens with one attached hydrogen (secondary N) is 2. The molecule has 7 heteroatoms. The lowest BCUT2D eigenvalue weighted by molar-refractivity contribution is -0.156. The SMILES string of the molecule is COCCNC(=O)[C@@H](C)OC(=O)[C@H](C)NC(=O)c1ccccc1. The van der Waals surface area contributed by atoms with Gasteiger partial charge in [-0.05, 0) is 26.0 Å². The van der Waals surface area contributed by atoms with Crippen LogP contribution in [-0.4, -0.2) is 50.2 Å². The van der Waals surface area contributed by atoms with E-state index in [1.165, 1.54) is 21.0 Å². The molecular weight excluding hydrogens is 300 g/mol. The van der Waals surface area contributed by atoms with Crippen LogP contribution in [0.2, 0.25) is 0 Å². The lowest BCUT2D eigenvalue weighted by atomic mass is 10.2. The fourth-order valence-electron chi connectivity index (χ4n) is 1.68. The summed E-state index contributed by atoms with van der Waals surface area (Å²) in [4.78, 5) is 35.5. The topological polar surface area (TPSA) is 93.7 Å². The molecule has 0 saturated heterocycles. The number of amides is 2. The molecule has 0 aliphatic carbocycles. The molecule has 0 bridgehead atoms. The van der Waals surface area contributed by atoms with E-state index >= 15 is 0 Å². The average Bonchev–Trinajstić information content (AvgIpc) is 2.55. The van der Waals surface area contributed by atoms with Crippen molar-refractivity contribution in [3.05, 3.63) is 35.9 Å². The standard InChI is InChI=1S/C16H22N2O5/c1-11(18-15(20)13-7-5-4-6-8-13)16(21)23-12(2)14(19)17-9-10-22-3/h4-8,11-12H,9-10H2,1-3H3,(H,17,19)(H,18,20)/t11-,12+/m0/s1. The second-order valence-electron chi connectivity index (χ2n) is 4.92. The molecule has 0 spiro atoms. The molecule has 0 aliphatic heterocycles. The summed E-state index contributed by atoms with van der Waals surface area (Å²) in [5.41, 5.74) is 0.442. The number of rotatable bonds is 8. The number of ether oxygens (including phenoxy) is 2. The number of esters is 1. The van der Waals surface area contributed by atoms with Crippen LogP contribution in [0, 0.1) is 0 Å². The van der Waals surface area contributed by atoms with Crippen LogP contribution >= 0.6 is 0 Å². The highest BCUT2D eigenvalue weighted by Gasteiger charge is 2.23. The Balaban J connectivity index is 2.44. The first-order valence-corrected chi connectivity index (χ1v) is 7.28. The number of carbonyl (C=O) groups excluding carboxylic acids is 3. The molecule has 2 N–H and O–H groups in total. The maximum Gasteiger partial charge on any atom is 0.329 e. The molecular formula is C16H22N2O5. The number of methoxy groups -OCH3 is 1. The Labute approximate surface area is 135 Å². The molecule has 23 heavy (non-hydrogen) atoms. The second kappa shape index (κ2) is 9.58. The van der Waals surface area contributed by atoms with E-state index in [-0.39, 0.29) is 5.91 Å². The van der Waals surface area contributed by atoms with Crippen molar-refractivity contribution in [1.82, 2.24) is 10.6 Å². The molecule has 0 radical (unpaired) electrons.